The normalized spacial score (nSPS) is 18.6. The van der Waals surface area contributed by atoms with E-state index in [1.54, 1.807) is 18.2 Å². The van der Waals surface area contributed by atoms with Crippen molar-refractivity contribution >= 4 is 28.7 Å². The fourth-order valence-corrected chi connectivity index (χ4v) is 2.50. The molecule has 2 amide bonds. The number of nitrogens with zero attached hydrogens (tertiary/aromatic N) is 1. The highest BCUT2D eigenvalue weighted by Crippen LogP contribution is 2.27. The number of hydrogen-bond donors (Lipinski definition) is 2. The van der Waals surface area contributed by atoms with Crippen molar-refractivity contribution in [1.29, 1.82) is 0 Å². The van der Waals surface area contributed by atoms with E-state index in [1.165, 1.54) is 12.3 Å². The van der Waals surface area contributed by atoms with Crippen LogP contribution in [0.5, 0.6) is 0 Å². The molecular formula is C15H12N2O4. The minimum absolute atomic E-state index is 0.0999. The topological polar surface area (TPSA) is 96.4 Å². The molecule has 1 saturated heterocycles. The van der Waals surface area contributed by atoms with Gasteiger partial charge >= 0.3 is 5.97 Å². The van der Waals surface area contributed by atoms with Gasteiger partial charge in [0.25, 0.3) is 0 Å². The molecule has 0 radical (unpaired) electrons. The molecule has 0 spiro atoms. The van der Waals surface area contributed by atoms with E-state index in [2.05, 4.69) is 10.3 Å². The minimum Gasteiger partial charge on any atom is -0.478 e. The van der Waals surface area contributed by atoms with Crippen molar-refractivity contribution in [3.8, 4) is 0 Å². The molecule has 6 heteroatoms. The largest absolute Gasteiger partial charge is 0.478 e. The number of carboxylic acid groups (broad SMARTS) is 1. The fourth-order valence-electron chi connectivity index (χ4n) is 2.50. The Morgan fingerprint density at radius 3 is 2.81 bits per heavy atom. The summed E-state index contributed by atoms with van der Waals surface area (Å²) in [6.45, 7) is 0. The lowest BCUT2D eigenvalue weighted by atomic mass is 9.89. The molecule has 21 heavy (non-hydrogen) atoms. The highest BCUT2D eigenvalue weighted by Gasteiger charge is 2.27. The number of pyridine rings is 1. The van der Waals surface area contributed by atoms with Gasteiger partial charge in [0.05, 0.1) is 17.0 Å². The Morgan fingerprint density at radius 1 is 1.29 bits per heavy atom. The van der Waals surface area contributed by atoms with Crippen LogP contribution in [0.1, 0.15) is 34.7 Å². The first-order chi connectivity index (χ1) is 10.0. The maximum Gasteiger partial charge on any atom is 0.337 e. The molecule has 1 unspecified atom stereocenters. The second kappa shape index (κ2) is 4.97. The van der Waals surface area contributed by atoms with Gasteiger partial charge < -0.3 is 5.11 Å². The molecule has 1 fully saturated rings. The number of carbonyl (C=O) groups excluding carboxylic acids is 2. The molecule has 0 bridgehead atoms. The van der Waals surface area contributed by atoms with Crippen LogP contribution in [0.4, 0.5) is 0 Å². The molecule has 2 N–H and O–H groups in total. The van der Waals surface area contributed by atoms with Gasteiger partial charge in [-0.15, -0.1) is 0 Å². The number of aromatic carboxylic acids is 1. The molecule has 0 aliphatic carbocycles. The van der Waals surface area contributed by atoms with Crippen molar-refractivity contribution in [2.24, 2.45) is 0 Å². The molecule has 1 aliphatic rings. The average molecular weight is 284 g/mol. The van der Waals surface area contributed by atoms with Crippen molar-refractivity contribution in [2.45, 2.75) is 18.8 Å². The van der Waals surface area contributed by atoms with Crippen molar-refractivity contribution in [3.05, 3.63) is 41.6 Å². The van der Waals surface area contributed by atoms with Crippen molar-refractivity contribution < 1.29 is 19.5 Å². The summed E-state index contributed by atoms with van der Waals surface area (Å²) in [5.41, 5.74) is 1.52. The zero-order valence-corrected chi connectivity index (χ0v) is 11.0. The first kappa shape index (κ1) is 13.2. The molecule has 1 aromatic carbocycles. The number of amides is 2. The second-order valence-electron chi connectivity index (χ2n) is 4.98. The van der Waals surface area contributed by atoms with E-state index in [9.17, 15) is 14.4 Å². The first-order valence-electron chi connectivity index (χ1n) is 6.51. The third kappa shape index (κ3) is 2.47. The zero-order valence-electron chi connectivity index (χ0n) is 11.0. The molecule has 0 saturated carbocycles. The number of hydrogen-bond acceptors (Lipinski definition) is 4. The summed E-state index contributed by atoms with van der Waals surface area (Å²) >= 11 is 0. The van der Waals surface area contributed by atoms with E-state index in [0.717, 1.165) is 5.56 Å². The summed E-state index contributed by atoms with van der Waals surface area (Å²) in [7, 11) is 0. The molecule has 3 rings (SSSR count). The van der Waals surface area contributed by atoms with Gasteiger partial charge in [0.1, 0.15) is 0 Å². The smallest absolute Gasteiger partial charge is 0.337 e. The predicted octanol–water partition coefficient (Wildman–Crippen LogP) is 1.45. The van der Waals surface area contributed by atoms with Crippen LogP contribution in [0.25, 0.3) is 10.9 Å². The number of nitrogens with one attached hydrogen (secondary N) is 1. The zero-order chi connectivity index (χ0) is 15.0. The number of imide groups is 1. The summed E-state index contributed by atoms with van der Waals surface area (Å²) in [5.74, 6) is -2.00. The number of aromatic nitrogens is 1. The van der Waals surface area contributed by atoms with Gasteiger partial charge in [0.15, 0.2) is 0 Å². The van der Waals surface area contributed by atoms with Gasteiger partial charge in [-0.1, -0.05) is 6.07 Å². The van der Waals surface area contributed by atoms with E-state index in [0.29, 0.717) is 23.7 Å². The third-order valence-corrected chi connectivity index (χ3v) is 3.59. The maximum absolute atomic E-state index is 11.9. The van der Waals surface area contributed by atoms with E-state index in [4.69, 9.17) is 5.11 Å². The third-order valence-electron chi connectivity index (χ3n) is 3.59. The van der Waals surface area contributed by atoms with Crippen molar-refractivity contribution in [1.82, 2.24) is 10.3 Å². The van der Waals surface area contributed by atoms with Crippen LogP contribution in [0.15, 0.2) is 30.5 Å². The average Bonchev–Trinajstić information content (AvgIpc) is 2.46. The van der Waals surface area contributed by atoms with Gasteiger partial charge in [-0.3, -0.25) is 19.9 Å². The molecular weight excluding hydrogens is 272 g/mol. The number of carbonyl (C=O) groups is 3. The molecule has 1 atom stereocenters. The number of benzene rings is 1. The summed E-state index contributed by atoms with van der Waals surface area (Å²) < 4.78 is 0. The van der Waals surface area contributed by atoms with Crippen LogP contribution < -0.4 is 5.32 Å². The lowest BCUT2D eigenvalue weighted by molar-refractivity contribution is -0.134. The van der Waals surface area contributed by atoms with Crippen LogP contribution in [0.2, 0.25) is 0 Å². The monoisotopic (exact) mass is 284 g/mol. The highest BCUT2D eigenvalue weighted by atomic mass is 16.4. The Morgan fingerprint density at radius 2 is 2.10 bits per heavy atom. The number of rotatable bonds is 2. The summed E-state index contributed by atoms with van der Waals surface area (Å²) in [4.78, 5) is 38.1. The SMILES string of the molecule is O=C1CCC(c2ccc3ncc(C(=O)O)cc3c2)C(=O)N1. The Kier molecular flexibility index (Phi) is 3.13. The van der Waals surface area contributed by atoms with Crippen LogP contribution in [-0.2, 0) is 9.59 Å². The van der Waals surface area contributed by atoms with E-state index in [-0.39, 0.29) is 23.3 Å². The van der Waals surface area contributed by atoms with E-state index < -0.39 is 5.97 Å². The first-order valence-corrected chi connectivity index (χ1v) is 6.51. The van der Waals surface area contributed by atoms with Gasteiger partial charge in [0, 0.05) is 18.0 Å². The van der Waals surface area contributed by atoms with Crippen LogP contribution in [0, 0.1) is 0 Å². The fraction of sp³-hybridized carbons (Fsp3) is 0.200. The number of carboxylic acids is 1. The molecule has 1 aromatic heterocycles. The van der Waals surface area contributed by atoms with Crippen LogP contribution in [-0.4, -0.2) is 27.9 Å². The standard InChI is InChI=1S/C15H12N2O4/c18-13-4-2-11(14(19)17-13)8-1-3-12-9(5-8)6-10(7-16-12)15(20)21/h1,3,5-7,11H,2,4H2,(H,20,21)(H,17,18,19). The quantitative estimate of drug-likeness (QED) is 0.814. The minimum atomic E-state index is -1.05. The Labute approximate surface area is 119 Å². The summed E-state index contributed by atoms with van der Waals surface area (Å²) in [5, 5.41) is 12.0. The Hall–Kier alpha value is -2.76. The summed E-state index contributed by atoms with van der Waals surface area (Å²) in [6.07, 6.45) is 2.07. The van der Waals surface area contributed by atoms with Crippen LogP contribution >= 0.6 is 0 Å². The second-order valence-corrected chi connectivity index (χ2v) is 4.98. The number of fused-ring (bicyclic) bond motifs is 1. The Balaban J connectivity index is 2.01. The van der Waals surface area contributed by atoms with E-state index in [1.807, 2.05) is 0 Å². The van der Waals surface area contributed by atoms with Gasteiger partial charge in [-0.2, -0.15) is 0 Å². The molecule has 1 aliphatic heterocycles. The molecule has 2 heterocycles. The maximum atomic E-state index is 11.9. The molecule has 6 nitrogen and oxygen atoms in total. The van der Waals surface area contributed by atoms with Crippen LogP contribution in [0.3, 0.4) is 0 Å². The highest BCUT2D eigenvalue weighted by molar-refractivity contribution is 6.01. The molecule has 106 valence electrons. The Bertz CT molecular complexity index is 769. The summed E-state index contributed by atoms with van der Waals surface area (Å²) in [6, 6.07) is 6.82. The van der Waals surface area contributed by atoms with Gasteiger partial charge in [0.2, 0.25) is 11.8 Å². The van der Waals surface area contributed by atoms with Crippen molar-refractivity contribution in [3.63, 3.8) is 0 Å². The predicted molar refractivity (Wildman–Crippen MR) is 73.8 cm³/mol. The van der Waals surface area contributed by atoms with E-state index >= 15 is 0 Å². The van der Waals surface area contributed by atoms with Gasteiger partial charge in [-0.25, -0.2) is 4.79 Å². The lowest BCUT2D eigenvalue weighted by Gasteiger charge is -2.21. The number of piperidine rings is 1. The van der Waals surface area contributed by atoms with Gasteiger partial charge in [-0.05, 0) is 30.2 Å². The lowest BCUT2D eigenvalue weighted by Crippen LogP contribution is -2.39. The van der Waals surface area contributed by atoms with Crippen molar-refractivity contribution in [2.75, 3.05) is 0 Å². The molecule has 2 aromatic rings.